The molecule has 0 saturated heterocycles. The number of carboxylic acid groups (broad SMARTS) is 1. The molecule has 0 aromatic heterocycles. The van der Waals surface area contributed by atoms with Crippen molar-refractivity contribution < 1.29 is 24.1 Å². The van der Waals surface area contributed by atoms with Gasteiger partial charge in [-0.1, -0.05) is 38.1 Å². The average molecular weight is 371 g/mol. The van der Waals surface area contributed by atoms with Crippen molar-refractivity contribution in [2.75, 3.05) is 26.9 Å². The van der Waals surface area contributed by atoms with Crippen LogP contribution in [-0.4, -0.2) is 38.1 Å². The highest BCUT2D eigenvalue weighted by Crippen LogP contribution is 2.44. The normalized spacial score (nSPS) is 17.5. The molecule has 1 aliphatic heterocycles. The molecule has 0 fully saturated rings. The topological polar surface area (TPSA) is 77.0 Å². The summed E-state index contributed by atoms with van der Waals surface area (Å²) >= 11 is 0. The molecule has 1 atom stereocenters. The van der Waals surface area contributed by atoms with Gasteiger partial charge in [-0.15, -0.1) is 0 Å². The van der Waals surface area contributed by atoms with Crippen LogP contribution >= 0.6 is 0 Å². The predicted molar refractivity (Wildman–Crippen MR) is 102 cm³/mol. The van der Waals surface area contributed by atoms with Crippen LogP contribution in [-0.2, 0) is 4.74 Å². The smallest absolute Gasteiger partial charge is 0.405 e. The van der Waals surface area contributed by atoms with Gasteiger partial charge in [0.15, 0.2) is 0 Å². The van der Waals surface area contributed by atoms with E-state index in [0.29, 0.717) is 25.6 Å². The molecule has 0 aliphatic carbocycles. The molecule has 0 saturated carbocycles. The maximum absolute atomic E-state index is 11.2. The van der Waals surface area contributed by atoms with E-state index < -0.39 is 6.09 Å². The van der Waals surface area contributed by atoms with Crippen LogP contribution in [0, 0.1) is 5.41 Å². The lowest BCUT2D eigenvalue weighted by molar-refractivity contribution is 0.0996. The zero-order valence-electron chi connectivity index (χ0n) is 15.8. The number of hydrogen-bond acceptors (Lipinski definition) is 4. The second kappa shape index (κ2) is 7.88. The summed E-state index contributed by atoms with van der Waals surface area (Å²) in [6, 6.07) is 13.4. The predicted octanol–water partition coefficient (Wildman–Crippen LogP) is 4.11. The summed E-state index contributed by atoms with van der Waals surface area (Å²) in [5.74, 6) is 1.48. The minimum absolute atomic E-state index is 0.323. The minimum atomic E-state index is -1.04. The van der Waals surface area contributed by atoms with E-state index in [1.54, 1.807) is 7.11 Å². The van der Waals surface area contributed by atoms with Crippen molar-refractivity contribution in [2.24, 2.45) is 5.41 Å². The van der Waals surface area contributed by atoms with Crippen LogP contribution in [0.2, 0.25) is 0 Å². The molecule has 2 aromatic carbocycles. The Labute approximate surface area is 159 Å². The van der Waals surface area contributed by atoms with Crippen LogP contribution in [0.4, 0.5) is 4.79 Å². The number of nitrogens with one attached hydrogen (secondary N) is 1. The Bertz CT molecular complexity index is 818. The Hall–Kier alpha value is -2.73. The second-order valence-corrected chi connectivity index (χ2v) is 7.28. The first-order valence-electron chi connectivity index (χ1n) is 8.89. The monoisotopic (exact) mass is 371 g/mol. The first kappa shape index (κ1) is 19.0. The fourth-order valence-corrected chi connectivity index (χ4v) is 3.25. The number of hydrogen-bond donors (Lipinski definition) is 2. The van der Waals surface area contributed by atoms with E-state index >= 15 is 0 Å². The molecule has 0 radical (unpaired) electrons. The molecule has 3 rings (SSSR count). The minimum Gasteiger partial charge on any atom is -0.493 e. The SMILES string of the molecule is COCCOc1cccc(-c2ccc3c(c2)OCC(C)(C)C3NC(=O)O)c1. The number of carbonyl (C=O) groups is 1. The van der Waals surface area contributed by atoms with E-state index in [-0.39, 0.29) is 11.5 Å². The van der Waals surface area contributed by atoms with E-state index in [0.717, 1.165) is 22.4 Å². The molecule has 2 aromatic rings. The van der Waals surface area contributed by atoms with Gasteiger partial charge >= 0.3 is 6.09 Å². The molecule has 6 heteroatoms. The van der Waals surface area contributed by atoms with Gasteiger partial charge in [-0.2, -0.15) is 0 Å². The van der Waals surface area contributed by atoms with Crippen molar-refractivity contribution in [2.45, 2.75) is 19.9 Å². The Kier molecular flexibility index (Phi) is 5.56. The molecule has 0 spiro atoms. The third kappa shape index (κ3) is 4.34. The number of methoxy groups -OCH3 is 1. The van der Waals surface area contributed by atoms with Gasteiger partial charge in [-0.25, -0.2) is 4.79 Å². The second-order valence-electron chi connectivity index (χ2n) is 7.28. The summed E-state index contributed by atoms with van der Waals surface area (Å²) in [5.41, 5.74) is 2.51. The summed E-state index contributed by atoms with van der Waals surface area (Å²) < 4.78 is 16.6. The van der Waals surface area contributed by atoms with Crippen molar-refractivity contribution in [1.82, 2.24) is 5.32 Å². The summed E-state index contributed by atoms with van der Waals surface area (Å²) in [7, 11) is 1.64. The van der Waals surface area contributed by atoms with Crippen LogP contribution in [0.5, 0.6) is 11.5 Å². The standard InChI is InChI=1S/C21H25NO5/c1-21(2)13-27-18-12-15(7-8-17(18)19(21)22-20(23)24)14-5-4-6-16(11-14)26-10-9-25-3/h4-8,11-12,19,22H,9-10,13H2,1-3H3,(H,23,24). The quantitative estimate of drug-likeness (QED) is 0.748. The molecular formula is C21H25NO5. The Morgan fingerprint density at radius 1 is 1.22 bits per heavy atom. The highest BCUT2D eigenvalue weighted by atomic mass is 16.5. The van der Waals surface area contributed by atoms with E-state index in [4.69, 9.17) is 14.2 Å². The van der Waals surface area contributed by atoms with E-state index in [1.165, 1.54) is 0 Å². The lowest BCUT2D eigenvalue weighted by Crippen LogP contribution is -2.43. The van der Waals surface area contributed by atoms with E-state index in [1.807, 2.05) is 56.3 Å². The first-order chi connectivity index (χ1) is 12.9. The largest absolute Gasteiger partial charge is 0.493 e. The summed E-state index contributed by atoms with van der Waals surface area (Å²) in [4.78, 5) is 11.2. The van der Waals surface area contributed by atoms with Gasteiger partial charge in [0.1, 0.15) is 18.1 Å². The van der Waals surface area contributed by atoms with Gasteiger partial charge in [0.2, 0.25) is 0 Å². The molecule has 144 valence electrons. The molecule has 1 unspecified atom stereocenters. The van der Waals surface area contributed by atoms with Crippen LogP contribution in [0.3, 0.4) is 0 Å². The highest BCUT2D eigenvalue weighted by Gasteiger charge is 2.38. The first-order valence-corrected chi connectivity index (χ1v) is 8.89. The van der Waals surface area contributed by atoms with Crippen LogP contribution < -0.4 is 14.8 Å². The number of ether oxygens (including phenoxy) is 3. The third-order valence-electron chi connectivity index (χ3n) is 4.70. The Morgan fingerprint density at radius 3 is 2.74 bits per heavy atom. The van der Waals surface area contributed by atoms with Crippen molar-refractivity contribution in [3.63, 3.8) is 0 Å². The van der Waals surface area contributed by atoms with E-state index in [9.17, 15) is 9.90 Å². The summed E-state index contributed by atoms with van der Waals surface area (Å²) in [6.45, 7) is 5.45. The highest BCUT2D eigenvalue weighted by molar-refractivity contribution is 5.69. The molecule has 1 amide bonds. The van der Waals surface area contributed by atoms with Crippen molar-refractivity contribution in [3.05, 3.63) is 48.0 Å². The number of benzene rings is 2. The van der Waals surface area contributed by atoms with Gasteiger partial charge in [0.05, 0.1) is 19.3 Å². The van der Waals surface area contributed by atoms with Crippen LogP contribution in [0.15, 0.2) is 42.5 Å². The van der Waals surface area contributed by atoms with Gasteiger partial charge in [0, 0.05) is 18.1 Å². The molecular weight excluding hydrogens is 346 g/mol. The molecule has 1 aliphatic rings. The van der Waals surface area contributed by atoms with E-state index in [2.05, 4.69) is 5.32 Å². The molecule has 2 N–H and O–H groups in total. The maximum Gasteiger partial charge on any atom is 0.405 e. The van der Waals surface area contributed by atoms with Gasteiger partial charge < -0.3 is 24.6 Å². The zero-order chi connectivity index (χ0) is 19.4. The Morgan fingerprint density at radius 2 is 2.00 bits per heavy atom. The number of rotatable bonds is 6. The molecule has 6 nitrogen and oxygen atoms in total. The number of amides is 1. The maximum atomic E-state index is 11.2. The van der Waals surface area contributed by atoms with Gasteiger partial charge in [-0.05, 0) is 29.3 Å². The van der Waals surface area contributed by atoms with Crippen molar-refractivity contribution in [3.8, 4) is 22.6 Å². The fraction of sp³-hybridized carbons (Fsp3) is 0.381. The fourth-order valence-electron chi connectivity index (χ4n) is 3.25. The van der Waals surface area contributed by atoms with Crippen molar-refractivity contribution >= 4 is 6.09 Å². The zero-order valence-corrected chi connectivity index (χ0v) is 15.8. The lowest BCUT2D eigenvalue weighted by atomic mass is 9.78. The lowest BCUT2D eigenvalue weighted by Gasteiger charge is -2.39. The molecule has 1 heterocycles. The van der Waals surface area contributed by atoms with Crippen LogP contribution in [0.25, 0.3) is 11.1 Å². The van der Waals surface area contributed by atoms with Crippen LogP contribution in [0.1, 0.15) is 25.5 Å². The Balaban J connectivity index is 1.88. The van der Waals surface area contributed by atoms with Gasteiger partial charge in [0.25, 0.3) is 0 Å². The van der Waals surface area contributed by atoms with Gasteiger partial charge in [-0.3, -0.25) is 0 Å². The summed E-state index contributed by atoms with van der Waals surface area (Å²) in [6.07, 6.45) is -1.04. The summed E-state index contributed by atoms with van der Waals surface area (Å²) in [5, 5.41) is 11.8. The molecule has 0 bridgehead atoms. The van der Waals surface area contributed by atoms with Crippen molar-refractivity contribution in [1.29, 1.82) is 0 Å². The average Bonchev–Trinajstić information content (AvgIpc) is 2.64. The third-order valence-corrected chi connectivity index (χ3v) is 4.70. The number of fused-ring (bicyclic) bond motifs is 1. The molecule has 27 heavy (non-hydrogen) atoms.